The van der Waals surface area contributed by atoms with Crippen LogP contribution in [0.15, 0.2) is 47.1 Å². The first-order chi connectivity index (χ1) is 13.6. The number of nitrogens with zero attached hydrogens (tertiary/aromatic N) is 2. The number of thiophene rings is 1. The summed E-state index contributed by atoms with van der Waals surface area (Å²) in [6.45, 7) is 0.0328. The summed E-state index contributed by atoms with van der Waals surface area (Å²) in [5.74, 6) is -0.795. The van der Waals surface area contributed by atoms with Crippen LogP contribution in [0.1, 0.15) is 10.4 Å². The van der Waals surface area contributed by atoms with E-state index in [1.807, 2.05) is 12.1 Å². The lowest BCUT2D eigenvalue weighted by atomic mass is 10.2. The Hall–Kier alpha value is -2.78. The number of para-hydroxylation sites is 1. The van der Waals surface area contributed by atoms with Crippen molar-refractivity contribution in [3.8, 4) is 5.75 Å². The van der Waals surface area contributed by atoms with Crippen molar-refractivity contribution in [2.24, 2.45) is 4.99 Å². The van der Waals surface area contributed by atoms with Crippen molar-refractivity contribution in [2.75, 3.05) is 31.2 Å². The van der Waals surface area contributed by atoms with Crippen LogP contribution in [0.3, 0.4) is 0 Å². The zero-order chi connectivity index (χ0) is 19.5. The highest BCUT2D eigenvalue weighted by Crippen LogP contribution is 2.31. The molecule has 0 bridgehead atoms. The van der Waals surface area contributed by atoms with E-state index in [0.717, 1.165) is 23.0 Å². The Morgan fingerprint density at radius 2 is 1.96 bits per heavy atom. The van der Waals surface area contributed by atoms with Gasteiger partial charge in [0.1, 0.15) is 5.75 Å². The zero-order valence-electron chi connectivity index (χ0n) is 14.6. The molecular formula is C19H16F2N2O4S. The number of hydrogen-bond acceptors (Lipinski definition) is 7. The fourth-order valence-electron chi connectivity index (χ4n) is 2.87. The molecule has 2 aromatic rings. The third-order valence-corrected chi connectivity index (χ3v) is 5.26. The molecule has 1 aromatic carbocycles. The molecular weight excluding hydrogens is 390 g/mol. The zero-order valence-corrected chi connectivity index (χ0v) is 15.5. The van der Waals surface area contributed by atoms with Crippen molar-refractivity contribution >= 4 is 34.3 Å². The largest absolute Gasteiger partial charge is 0.434 e. The molecule has 0 saturated carbocycles. The Balaban J connectivity index is 1.57. The smallest absolute Gasteiger partial charge is 0.387 e. The predicted molar refractivity (Wildman–Crippen MR) is 101 cm³/mol. The summed E-state index contributed by atoms with van der Waals surface area (Å²) in [4.78, 5) is 19.4. The number of benzene rings is 1. The number of morpholine rings is 1. The standard InChI is InChI=1S/C19H16F2N2O4S/c20-19(21)26-15-4-2-1-3-13(15)17-22-14(18(24)27-17)11-12-5-6-16(28-12)23-7-9-25-10-8-23/h1-6,11,19H,7-10H2/b14-11-. The van der Waals surface area contributed by atoms with Crippen molar-refractivity contribution in [2.45, 2.75) is 6.61 Å². The van der Waals surface area contributed by atoms with Gasteiger partial charge in [-0.2, -0.15) is 8.78 Å². The summed E-state index contributed by atoms with van der Waals surface area (Å²) in [5, 5.41) is 1.08. The summed E-state index contributed by atoms with van der Waals surface area (Å²) in [5.41, 5.74) is 0.303. The van der Waals surface area contributed by atoms with Crippen LogP contribution in [0.25, 0.3) is 6.08 Å². The van der Waals surface area contributed by atoms with E-state index in [2.05, 4.69) is 14.6 Å². The van der Waals surface area contributed by atoms with Crippen LogP contribution in [0, 0.1) is 0 Å². The maximum Gasteiger partial charge on any atom is 0.387 e. The highest BCUT2D eigenvalue weighted by molar-refractivity contribution is 7.16. The van der Waals surface area contributed by atoms with Crippen molar-refractivity contribution in [1.29, 1.82) is 0 Å². The monoisotopic (exact) mass is 406 g/mol. The summed E-state index contributed by atoms with van der Waals surface area (Å²) in [6.07, 6.45) is 1.63. The lowest BCUT2D eigenvalue weighted by Gasteiger charge is -2.27. The number of carbonyl (C=O) groups is 1. The van der Waals surface area contributed by atoms with Crippen molar-refractivity contribution < 1.29 is 27.8 Å². The van der Waals surface area contributed by atoms with E-state index in [0.29, 0.717) is 13.2 Å². The summed E-state index contributed by atoms with van der Waals surface area (Å²) in [7, 11) is 0. The van der Waals surface area contributed by atoms with Gasteiger partial charge in [-0.15, -0.1) is 11.3 Å². The van der Waals surface area contributed by atoms with E-state index in [9.17, 15) is 13.6 Å². The van der Waals surface area contributed by atoms with Crippen molar-refractivity contribution in [1.82, 2.24) is 0 Å². The highest BCUT2D eigenvalue weighted by Gasteiger charge is 2.27. The Kier molecular flexibility index (Phi) is 5.36. The van der Waals surface area contributed by atoms with Crippen LogP contribution in [-0.2, 0) is 14.3 Å². The molecule has 0 unspecified atom stereocenters. The van der Waals surface area contributed by atoms with Crippen LogP contribution in [0.5, 0.6) is 5.75 Å². The second kappa shape index (κ2) is 8.07. The van der Waals surface area contributed by atoms with Crippen LogP contribution < -0.4 is 9.64 Å². The van der Waals surface area contributed by atoms with Gasteiger partial charge in [-0.3, -0.25) is 0 Å². The summed E-state index contributed by atoms with van der Waals surface area (Å²) >= 11 is 1.53. The second-order valence-corrected chi connectivity index (χ2v) is 7.08. The Morgan fingerprint density at radius 1 is 1.18 bits per heavy atom. The number of alkyl halides is 2. The molecule has 28 heavy (non-hydrogen) atoms. The Labute approximate surface area is 163 Å². The van der Waals surface area contributed by atoms with Gasteiger partial charge in [-0.05, 0) is 30.3 Å². The molecule has 4 rings (SSSR count). The van der Waals surface area contributed by atoms with Crippen LogP contribution in [-0.4, -0.2) is 44.8 Å². The topological polar surface area (TPSA) is 60.4 Å². The number of carbonyl (C=O) groups excluding carboxylic acids is 1. The maximum atomic E-state index is 12.6. The summed E-state index contributed by atoms with van der Waals surface area (Å²) < 4.78 is 40.2. The number of cyclic esters (lactones) is 1. The lowest BCUT2D eigenvalue weighted by molar-refractivity contribution is -0.129. The van der Waals surface area contributed by atoms with Gasteiger partial charge in [0.2, 0.25) is 5.90 Å². The molecule has 1 fully saturated rings. The SMILES string of the molecule is O=C1OC(c2ccccc2OC(F)F)=N/C1=C\c1ccc(N2CCOCC2)s1. The first-order valence-corrected chi connectivity index (χ1v) is 9.41. The average molecular weight is 406 g/mol. The molecule has 3 heterocycles. The number of halogens is 2. The molecule has 146 valence electrons. The van der Waals surface area contributed by atoms with Crippen LogP contribution in [0.4, 0.5) is 13.8 Å². The van der Waals surface area contributed by atoms with Gasteiger partial charge in [0.25, 0.3) is 0 Å². The van der Waals surface area contributed by atoms with Gasteiger partial charge in [0.15, 0.2) is 5.70 Å². The van der Waals surface area contributed by atoms with Crippen molar-refractivity contribution in [3.63, 3.8) is 0 Å². The molecule has 0 atom stereocenters. The van der Waals surface area contributed by atoms with Gasteiger partial charge >= 0.3 is 12.6 Å². The van der Waals surface area contributed by atoms with Gasteiger partial charge in [0.05, 0.1) is 23.8 Å². The first kappa shape index (κ1) is 18.6. The van der Waals surface area contributed by atoms with Crippen LogP contribution >= 0.6 is 11.3 Å². The number of hydrogen-bond donors (Lipinski definition) is 0. The molecule has 6 nitrogen and oxygen atoms in total. The molecule has 1 saturated heterocycles. The number of ether oxygens (including phenoxy) is 3. The minimum Gasteiger partial charge on any atom is -0.434 e. The molecule has 2 aliphatic rings. The fraction of sp³-hybridized carbons (Fsp3) is 0.263. The van der Waals surface area contributed by atoms with Gasteiger partial charge in [-0.25, -0.2) is 9.79 Å². The molecule has 0 amide bonds. The minimum atomic E-state index is -2.99. The number of rotatable bonds is 5. The average Bonchev–Trinajstić information content (AvgIpc) is 3.30. The number of aliphatic imine (C=N–C) groups is 1. The normalized spacial score (nSPS) is 18.5. The Morgan fingerprint density at radius 3 is 2.75 bits per heavy atom. The van der Waals surface area contributed by atoms with Gasteiger partial charge < -0.3 is 19.1 Å². The van der Waals surface area contributed by atoms with E-state index < -0.39 is 12.6 Å². The van der Waals surface area contributed by atoms with E-state index in [1.54, 1.807) is 18.2 Å². The third-order valence-electron chi connectivity index (χ3n) is 4.17. The number of anilines is 1. The predicted octanol–water partition coefficient (Wildman–Crippen LogP) is 3.53. The highest BCUT2D eigenvalue weighted by atomic mass is 32.1. The van der Waals surface area contributed by atoms with E-state index >= 15 is 0 Å². The maximum absolute atomic E-state index is 12.6. The summed E-state index contributed by atoms with van der Waals surface area (Å²) in [6, 6.07) is 9.94. The quantitative estimate of drug-likeness (QED) is 0.562. The Bertz CT molecular complexity index is 936. The lowest BCUT2D eigenvalue weighted by Crippen LogP contribution is -2.35. The fourth-order valence-corrected chi connectivity index (χ4v) is 3.87. The second-order valence-electron chi connectivity index (χ2n) is 5.99. The molecule has 0 spiro atoms. The molecule has 0 aliphatic carbocycles. The third kappa shape index (κ3) is 4.05. The molecule has 2 aliphatic heterocycles. The number of esters is 1. The van der Waals surface area contributed by atoms with Gasteiger partial charge in [0, 0.05) is 18.0 Å². The molecule has 0 N–H and O–H groups in total. The van der Waals surface area contributed by atoms with Crippen LogP contribution in [0.2, 0.25) is 0 Å². The van der Waals surface area contributed by atoms with Crippen molar-refractivity contribution in [3.05, 3.63) is 52.5 Å². The minimum absolute atomic E-state index is 0.0579. The van der Waals surface area contributed by atoms with Gasteiger partial charge in [-0.1, -0.05) is 12.1 Å². The van der Waals surface area contributed by atoms with E-state index in [1.165, 1.54) is 23.5 Å². The molecule has 0 radical (unpaired) electrons. The van der Waals surface area contributed by atoms with E-state index in [4.69, 9.17) is 9.47 Å². The molecule has 9 heteroatoms. The first-order valence-electron chi connectivity index (χ1n) is 8.59. The van der Waals surface area contributed by atoms with E-state index in [-0.39, 0.29) is 22.9 Å². The molecule has 1 aromatic heterocycles.